The highest BCUT2D eigenvalue weighted by Gasteiger charge is 2.31. The molecule has 0 unspecified atom stereocenters. The van der Waals surface area contributed by atoms with Gasteiger partial charge in [0.25, 0.3) is 5.91 Å². The van der Waals surface area contributed by atoms with E-state index >= 15 is 0 Å². The lowest BCUT2D eigenvalue weighted by atomic mass is 10.0. The van der Waals surface area contributed by atoms with Crippen LogP contribution in [0.1, 0.15) is 43.7 Å². The maximum absolute atomic E-state index is 13.0. The van der Waals surface area contributed by atoms with E-state index in [4.69, 9.17) is 14.7 Å². The lowest BCUT2D eigenvalue weighted by Crippen LogP contribution is -2.42. The zero-order valence-electron chi connectivity index (χ0n) is 18.7. The normalized spacial score (nSPS) is 16.0. The molecule has 8 heteroatoms. The number of anilines is 1. The van der Waals surface area contributed by atoms with Crippen LogP contribution < -0.4 is 9.64 Å². The molecule has 0 aliphatic carbocycles. The SMILES string of the molecule is CC(=O)N(C)Cc1cc(N(C)C)nc([C@H]2CCCCN2C(=O)COc2ccccc2)n1. The first-order valence-electron chi connectivity index (χ1n) is 10.6. The summed E-state index contributed by atoms with van der Waals surface area (Å²) in [6.07, 6.45) is 2.75. The van der Waals surface area contributed by atoms with E-state index in [2.05, 4.69) is 0 Å². The topological polar surface area (TPSA) is 78.9 Å². The Morgan fingerprint density at radius 3 is 2.55 bits per heavy atom. The molecule has 166 valence electrons. The lowest BCUT2D eigenvalue weighted by Gasteiger charge is -2.35. The van der Waals surface area contributed by atoms with Gasteiger partial charge < -0.3 is 19.4 Å². The van der Waals surface area contributed by atoms with Crippen LogP contribution in [0.25, 0.3) is 0 Å². The summed E-state index contributed by atoms with van der Waals surface area (Å²) >= 11 is 0. The molecule has 1 fully saturated rings. The molecule has 2 amide bonds. The number of benzene rings is 1. The van der Waals surface area contributed by atoms with Gasteiger partial charge in [-0.25, -0.2) is 9.97 Å². The Balaban J connectivity index is 1.82. The lowest BCUT2D eigenvalue weighted by molar-refractivity contribution is -0.137. The standard InChI is InChI=1S/C23H31N5O3/c1-17(29)27(4)15-18-14-21(26(2)3)25-23(24-18)20-12-8-9-13-28(20)22(30)16-31-19-10-6-5-7-11-19/h5-7,10-11,14,20H,8-9,12-13,15-16H2,1-4H3/t20-/m1/s1. The number of nitrogens with zero attached hydrogens (tertiary/aromatic N) is 5. The van der Waals surface area contributed by atoms with Crippen LogP contribution in [0.3, 0.4) is 0 Å². The fraction of sp³-hybridized carbons (Fsp3) is 0.478. The summed E-state index contributed by atoms with van der Waals surface area (Å²) in [5.74, 6) is 1.94. The van der Waals surface area contributed by atoms with Gasteiger partial charge in [0.1, 0.15) is 11.6 Å². The Bertz CT molecular complexity index is 903. The number of carbonyl (C=O) groups is 2. The van der Waals surface area contributed by atoms with E-state index < -0.39 is 0 Å². The average molecular weight is 426 g/mol. The van der Waals surface area contributed by atoms with E-state index in [0.717, 1.165) is 30.8 Å². The number of piperidine rings is 1. The van der Waals surface area contributed by atoms with Crippen LogP contribution in [0.4, 0.5) is 5.82 Å². The molecule has 3 rings (SSSR count). The minimum atomic E-state index is -0.207. The molecule has 1 aromatic carbocycles. The number of aromatic nitrogens is 2. The van der Waals surface area contributed by atoms with Crippen molar-refractivity contribution in [1.29, 1.82) is 0 Å². The highest BCUT2D eigenvalue weighted by atomic mass is 16.5. The number of hydrogen-bond acceptors (Lipinski definition) is 6. The van der Waals surface area contributed by atoms with Gasteiger partial charge in [-0.15, -0.1) is 0 Å². The Kier molecular flexibility index (Phi) is 7.44. The first-order valence-corrected chi connectivity index (χ1v) is 10.6. The molecular weight excluding hydrogens is 394 g/mol. The Labute approximate surface area is 183 Å². The molecule has 0 spiro atoms. The largest absolute Gasteiger partial charge is 0.484 e. The van der Waals surface area contributed by atoms with Crippen molar-refractivity contribution in [2.24, 2.45) is 0 Å². The Morgan fingerprint density at radius 1 is 1.13 bits per heavy atom. The summed E-state index contributed by atoms with van der Waals surface area (Å²) in [4.78, 5) is 39.5. The van der Waals surface area contributed by atoms with Gasteiger partial charge in [-0.05, 0) is 31.4 Å². The number of likely N-dealkylation sites (tertiary alicyclic amines) is 1. The number of para-hydroxylation sites is 1. The summed E-state index contributed by atoms with van der Waals surface area (Å²) in [7, 11) is 5.58. The van der Waals surface area contributed by atoms with Gasteiger partial charge >= 0.3 is 0 Å². The van der Waals surface area contributed by atoms with Crippen LogP contribution in [0.2, 0.25) is 0 Å². The van der Waals surface area contributed by atoms with Crippen LogP contribution >= 0.6 is 0 Å². The molecule has 0 bridgehead atoms. The monoisotopic (exact) mass is 425 g/mol. The molecular formula is C23H31N5O3. The van der Waals surface area contributed by atoms with Gasteiger partial charge in [0.2, 0.25) is 5.91 Å². The number of amides is 2. The molecule has 31 heavy (non-hydrogen) atoms. The van der Waals surface area contributed by atoms with Gasteiger partial charge in [-0.3, -0.25) is 9.59 Å². The van der Waals surface area contributed by atoms with Crippen molar-refractivity contribution in [3.63, 3.8) is 0 Å². The van der Waals surface area contributed by atoms with Crippen LogP contribution in [0.15, 0.2) is 36.4 Å². The van der Waals surface area contributed by atoms with Gasteiger partial charge in [-0.2, -0.15) is 0 Å². The Hall–Kier alpha value is -3.16. The van der Waals surface area contributed by atoms with E-state index in [1.54, 1.807) is 11.9 Å². The second-order valence-corrected chi connectivity index (χ2v) is 8.05. The van der Waals surface area contributed by atoms with Gasteiger partial charge in [0.05, 0.1) is 18.3 Å². The molecule has 8 nitrogen and oxygen atoms in total. The number of hydrogen-bond donors (Lipinski definition) is 0. The van der Waals surface area contributed by atoms with Crippen LogP contribution in [-0.4, -0.2) is 65.9 Å². The van der Waals surface area contributed by atoms with Crippen LogP contribution in [-0.2, 0) is 16.1 Å². The van der Waals surface area contributed by atoms with Crippen LogP contribution in [0, 0.1) is 0 Å². The molecule has 2 heterocycles. The quantitative estimate of drug-likeness (QED) is 0.679. The van der Waals surface area contributed by atoms with Crippen molar-refractivity contribution in [2.75, 3.05) is 39.2 Å². The predicted octanol–water partition coefficient (Wildman–Crippen LogP) is 2.65. The summed E-state index contributed by atoms with van der Waals surface area (Å²) in [6.45, 7) is 2.56. The fourth-order valence-corrected chi connectivity index (χ4v) is 3.56. The zero-order chi connectivity index (χ0) is 22.4. The average Bonchev–Trinajstić information content (AvgIpc) is 2.77. The van der Waals surface area contributed by atoms with E-state index in [1.165, 1.54) is 6.92 Å². The molecule has 1 aliphatic rings. The molecule has 1 saturated heterocycles. The maximum Gasteiger partial charge on any atom is 0.261 e. The van der Waals surface area contributed by atoms with Crippen molar-refractivity contribution >= 4 is 17.6 Å². The molecule has 0 radical (unpaired) electrons. The van der Waals surface area contributed by atoms with Gasteiger partial charge in [0.15, 0.2) is 12.4 Å². The second kappa shape index (κ2) is 10.2. The third-order valence-corrected chi connectivity index (χ3v) is 5.40. The minimum absolute atomic E-state index is 0.0200. The predicted molar refractivity (Wildman–Crippen MR) is 119 cm³/mol. The van der Waals surface area contributed by atoms with Crippen LogP contribution in [0.5, 0.6) is 5.75 Å². The Morgan fingerprint density at radius 2 is 1.87 bits per heavy atom. The van der Waals surface area contributed by atoms with E-state index in [9.17, 15) is 9.59 Å². The third-order valence-electron chi connectivity index (χ3n) is 5.40. The molecule has 2 aromatic rings. The summed E-state index contributed by atoms with van der Waals surface area (Å²) in [5, 5.41) is 0. The molecule has 1 aromatic heterocycles. The smallest absolute Gasteiger partial charge is 0.261 e. The van der Waals surface area contributed by atoms with Gasteiger partial charge in [-0.1, -0.05) is 18.2 Å². The maximum atomic E-state index is 13.0. The molecule has 1 atom stereocenters. The zero-order valence-corrected chi connectivity index (χ0v) is 18.7. The number of rotatable bonds is 7. The summed E-state index contributed by atoms with van der Waals surface area (Å²) in [6, 6.07) is 11.0. The first-order chi connectivity index (χ1) is 14.8. The third kappa shape index (κ3) is 5.93. The van der Waals surface area contributed by atoms with E-state index in [0.29, 0.717) is 24.7 Å². The molecule has 0 saturated carbocycles. The van der Waals surface area contributed by atoms with Crippen molar-refractivity contribution in [1.82, 2.24) is 19.8 Å². The highest BCUT2D eigenvalue weighted by Crippen LogP contribution is 2.30. The van der Waals surface area contributed by atoms with Crippen molar-refractivity contribution < 1.29 is 14.3 Å². The van der Waals surface area contributed by atoms with Crippen molar-refractivity contribution in [2.45, 2.75) is 38.8 Å². The van der Waals surface area contributed by atoms with E-state index in [-0.39, 0.29) is 24.5 Å². The summed E-state index contributed by atoms with van der Waals surface area (Å²) in [5.41, 5.74) is 0.755. The number of ether oxygens (including phenoxy) is 1. The van der Waals surface area contributed by atoms with Gasteiger partial charge in [0, 0.05) is 40.7 Å². The minimum Gasteiger partial charge on any atom is -0.484 e. The molecule has 1 aliphatic heterocycles. The second-order valence-electron chi connectivity index (χ2n) is 8.05. The first kappa shape index (κ1) is 22.5. The van der Waals surface area contributed by atoms with Crippen molar-refractivity contribution in [3.05, 3.63) is 47.9 Å². The fourth-order valence-electron chi connectivity index (χ4n) is 3.56. The van der Waals surface area contributed by atoms with Crippen molar-refractivity contribution in [3.8, 4) is 5.75 Å². The van der Waals surface area contributed by atoms with E-state index in [1.807, 2.05) is 60.3 Å². The highest BCUT2D eigenvalue weighted by molar-refractivity contribution is 5.78. The number of carbonyl (C=O) groups excluding carboxylic acids is 2. The molecule has 0 N–H and O–H groups in total. The summed E-state index contributed by atoms with van der Waals surface area (Å²) < 4.78 is 5.69.